The molecule has 1 aromatic rings. The zero-order valence-electron chi connectivity index (χ0n) is 13.4. The Hall–Kier alpha value is -2.37. The highest BCUT2D eigenvalue weighted by atomic mass is 16.2. The van der Waals surface area contributed by atoms with Gasteiger partial charge < -0.3 is 5.32 Å². The summed E-state index contributed by atoms with van der Waals surface area (Å²) in [6, 6.07) is 6.58. The summed E-state index contributed by atoms with van der Waals surface area (Å²) in [4.78, 5) is 35.1. The fourth-order valence-electron chi connectivity index (χ4n) is 2.09. The summed E-state index contributed by atoms with van der Waals surface area (Å²) < 4.78 is 0. The Labute approximate surface area is 136 Å². The lowest BCUT2D eigenvalue weighted by Gasteiger charge is -2.08. The Kier molecular flexibility index (Phi) is 6.14. The van der Waals surface area contributed by atoms with Crippen LogP contribution in [0, 0.1) is 5.92 Å². The number of nitrogens with one attached hydrogen (secondary N) is 3. The Balaban J connectivity index is 1.75. The first-order chi connectivity index (χ1) is 11.1. The van der Waals surface area contributed by atoms with Gasteiger partial charge in [-0.1, -0.05) is 19.8 Å². The van der Waals surface area contributed by atoms with Gasteiger partial charge in [0.15, 0.2) is 0 Å². The van der Waals surface area contributed by atoms with Gasteiger partial charge in [-0.2, -0.15) is 0 Å². The van der Waals surface area contributed by atoms with E-state index in [-0.39, 0.29) is 23.6 Å². The van der Waals surface area contributed by atoms with Crippen molar-refractivity contribution in [2.75, 3.05) is 5.32 Å². The number of unbranched alkanes of at least 4 members (excludes halogenated alkanes) is 2. The Morgan fingerprint density at radius 2 is 1.74 bits per heavy atom. The second kappa shape index (κ2) is 8.31. The average Bonchev–Trinajstić information content (AvgIpc) is 3.38. The zero-order valence-corrected chi connectivity index (χ0v) is 13.4. The average molecular weight is 317 g/mol. The highest BCUT2D eigenvalue weighted by molar-refractivity contribution is 5.97. The molecule has 0 aromatic heterocycles. The largest absolute Gasteiger partial charge is 0.326 e. The van der Waals surface area contributed by atoms with Gasteiger partial charge in [0, 0.05) is 23.6 Å². The highest BCUT2D eigenvalue weighted by Crippen LogP contribution is 2.30. The Bertz CT molecular complexity index is 565. The van der Waals surface area contributed by atoms with Crippen LogP contribution in [-0.4, -0.2) is 17.7 Å². The molecule has 6 heteroatoms. The minimum Gasteiger partial charge on any atom is -0.326 e. The molecular weight excluding hydrogens is 294 g/mol. The third-order valence-electron chi connectivity index (χ3n) is 3.69. The van der Waals surface area contributed by atoms with Crippen LogP contribution in [0.1, 0.15) is 55.8 Å². The molecule has 0 saturated heterocycles. The minimum atomic E-state index is -0.381. The number of anilines is 1. The zero-order chi connectivity index (χ0) is 16.7. The summed E-state index contributed by atoms with van der Waals surface area (Å²) in [6.45, 7) is 2.07. The molecule has 0 atom stereocenters. The van der Waals surface area contributed by atoms with Crippen LogP contribution in [0.2, 0.25) is 0 Å². The van der Waals surface area contributed by atoms with Gasteiger partial charge in [0.1, 0.15) is 0 Å². The van der Waals surface area contributed by atoms with E-state index in [9.17, 15) is 14.4 Å². The van der Waals surface area contributed by atoms with Gasteiger partial charge in [-0.15, -0.1) is 0 Å². The molecule has 124 valence electrons. The maximum absolute atomic E-state index is 11.9. The summed E-state index contributed by atoms with van der Waals surface area (Å²) in [7, 11) is 0. The molecule has 1 saturated carbocycles. The smallest absolute Gasteiger partial charge is 0.269 e. The van der Waals surface area contributed by atoms with E-state index in [1.807, 2.05) is 0 Å². The van der Waals surface area contributed by atoms with E-state index in [0.29, 0.717) is 17.7 Å². The maximum atomic E-state index is 11.9. The number of rotatable bonds is 7. The molecule has 23 heavy (non-hydrogen) atoms. The third kappa shape index (κ3) is 5.73. The van der Waals surface area contributed by atoms with Crippen LogP contribution >= 0.6 is 0 Å². The van der Waals surface area contributed by atoms with E-state index < -0.39 is 0 Å². The molecule has 1 aliphatic carbocycles. The number of carbonyl (C=O) groups excluding carboxylic acids is 3. The van der Waals surface area contributed by atoms with Crippen LogP contribution in [0.5, 0.6) is 0 Å². The standard InChI is InChI=1S/C17H23N3O3/c1-2-3-4-5-15(21)19-20-17(23)13-8-10-14(11-9-13)18-16(22)12-6-7-12/h8-12H,2-7H2,1H3,(H,18,22)(H,19,21)(H,20,23). The molecule has 2 rings (SSSR count). The van der Waals surface area contributed by atoms with E-state index in [2.05, 4.69) is 23.1 Å². The van der Waals surface area contributed by atoms with Crippen molar-refractivity contribution in [1.82, 2.24) is 10.9 Å². The lowest BCUT2D eigenvalue weighted by molar-refractivity contribution is -0.122. The Morgan fingerprint density at radius 3 is 2.35 bits per heavy atom. The number of benzene rings is 1. The lowest BCUT2D eigenvalue weighted by atomic mass is 10.2. The van der Waals surface area contributed by atoms with E-state index in [1.54, 1.807) is 24.3 Å². The molecule has 1 aromatic carbocycles. The molecule has 0 radical (unpaired) electrons. The highest BCUT2D eigenvalue weighted by Gasteiger charge is 2.29. The van der Waals surface area contributed by atoms with Crippen molar-refractivity contribution >= 4 is 23.4 Å². The first kappa shape index (κ1) is 17.0. The second-order valence-corrected chi connectivity index (χ2v) is 5.80. The topological polar surface area (TPSA) is 87.3 Å². The van der Waals surface area contributed by atoms with E-state index in [1.165, 1.54) is 0 Å². The summed E-state index contributed by atoms with van der Waals surface area (Å²) in [6.07, 6.45) is 5.15. The van der Waals surface area contributed by atoms with Gasteiger partial charge in [0.2, 0.25) is 11.8 Å². The summed E-state index contributed by atoms with van der Waals surface area (Å²) in [5.41, 5.74) is 5.88. The van der Waals surface area contributed by atoms with Crippen molar-refractivity contribution in [1.29, 1.82) is 0 Å². The predicted molar refractivity (Wildman–Crippen MR) is 87.5 cm³/mol. The van der Waals surface area contributed by atoms with Crippen molar-refractivity contribution in [3.05, 3.63) is 29.8 Å². The van der Waals surface area contributed by atoms with Crippen LogP contribution in [0.3, 0.4) is 0 Å². The molecule has 0 aliphatic heterocycles. The molecule has 1 aliphatic rings. The Morgan fingerprint density at radius 1 is 1.04 bits per heavy atom. The molecule has 6 nitrogen and oxygen atoms in total. The van der Waals surface area contributed by atoms with Gasteiger partial charge in [-0.3, -0.25) is 25.2 Å². The van der Waals surface area contributed by atoms with Crippen LogP contribution in [0.4, 0.5) is 5.69 Å². The molecule has 3 amide bonds. The summed E-state index contributed by atoms with van der Waals surface area (Å²) in [5, 5.41) is 2.81. The molecular formula is C17H23N3O3. The summed E-state index contributed by atoms with van der Waals surface area (Å²) >= 11 is 0. The number of hydrazine groups is 1. The first-order valence-electron chi connectivity index (χ1n) is 8.10. The lowest BCUT2D eigenvalue weighted by Crippen LogP contribution is -2.41. The van der Waals surface area contributed by atoms with Crippen molar-refractivity contribution < 1.29 is 14.4 Å². The van der Waals surface area contributed by atoms with Gasteiger partial charge in [-0.25, -0.2) is 0 Å². The van der Waals surface area contributed by atoms with E-state index in [0.717, 1.165) is 32.1 Å². The van der Waals surface area contributed by atoms with Crippen molar-refractivity contribution in [3.8, 4) is 0 Å². The SMILES string of the molecule is CCCCCC(=O)NNC(=O)c1ccc(NC(=O)C2CC2)cc1. The fraction of sp³-hybridized carbons (Fsp3) is 0.471. The van der Waals surface area contributed by atoms with Crippen LogP contribution in [0.15, 0.2) is 24.3 Å². The fourth-order valence-corrected chi connectivity index (χ4v) is 2.09. The second-order valence-electron chi connectivity index (χ2n) is 5.80. The third-order valence-corrected chi connectivity index (χ3v) is 3.69. The normalized spacial score (nSPS) is 13.3. The molecule has 0 unspecified atom stereocenters. The van der Waals surface area contributed by atoms with E-state index in [4.69, 9.17) is 0 Å². The van der Waals surface area contributed by atoms with Crippen LogP contribution < -0.4 is 16.2 Å². The maximum Gasteiger partial charge on any atom is 0.269 e. The molecule has 1 fully saturated rings. The van der Waals surface area contributed by atoms with Gasteiger partial charge >= 0.3 is 0 Å². The van der Waals surface area contributed by atoms with Gasteiger partial charge in [0.25, 0.3) is 5.91 Å². The summed E-state index contributed by atoms with van der Waals surface area (Å²) in [5.74, 6) is -0.406. The first-order valence-corrected chi connectivity index (χ1v) is 8.10. The van der Waals surface area contributed by atoms with Crippen LogP contribution in [-0.2, 0) is 9.59 Å². The van der Waals surface area contributed by atoms with Crippen molar-refractivity contribution in [2.24, 2.45) is 5.92 Å². The number of carbonyl (C=O) groups is 3. The van der Waals surface area contributed by atoms with Crippen molar-refractivity contribution in [2.45, 2.75) is 45.4 Å². The number of amides is 3. The predicted octanol–water partition coefficient (Wildman–Crippen LogP) is 2.38. The van der Waals surface area contributed by atoms with Crippen molar-refractivity contribution in [3.63, 3.8) is 0 Å². The number of hydrogen-bond acceptors (Lipinski definition) is 3. The molecule has 0 spiro atoms. The minimum absolute atomic E-state index is 0.0292. The number of hydrogen-bond donors (Lipinski definition) is 3. The van der Waals surface area contributed by atoms with Gasteiger partial charge in [0.05, 0.1) is 0 Å². The molecule has 0 bridgehead atoms. The van der Waals surface area contributed by atoms with Crippen LogP contribution in [0.25, 0.3) is 0 Å². The molecule has 0 heterocycles. The van der Waals surface area contributed by atoms with Gasteiger partial charge in [-0.05, 0) is 43.5 Å². The van der Waals surface area contributed by atoms with E-state index >= 15 is 0 Å². The quantitative estimate of drug-likeness (QED) is 0.533. The monoisotopic (exact) mass is 317 g/mol. The molecule has 3 N–H and O–H groups in total.